The molecule has 20 heavy (non-hydrogen) atoms. The van der Waals surface area contributed by atoms with Gasteiger partial charge in [0, 0.05) is 23.7 Å². The Hall–Kier alpha value is -0.510. The Balaban J connectivity index is 1.68. The van der Waals surface area contributed by atoms with Gasteiger partial charge in [0.2, 0.25) is 0 Å². The van der Waals surface area contributed by atoms with Crippen LogP contribution in [0.25, 0.3) is 0 Å². The number of hydrogen-bond acceptors (Lipinski definition) is 3. The second-order valence-electron chi connectivity index (χ2n) is 5.77. The Morgan fingerprint density at radius 1 is 1.30 bits per heavy atom. The molecule has 0 amide bonds. The van der Waals surface area contributed by atoms with E-state index in [1.54, 1.807) is 0 Å². The van der Waals surface area contributed by atoms with Crippen molar-refractivity contribution in [3.05, 3.63) is 29.8 Å². The molecule has 1 fully saturated rings. The van der Waals surface area contributed by atoms with E-state index < -0.39 is 0 Å². The quantitative estimate of drug-likeness (QED) is 0.775. The highest BCUT2D eigenvalue weighted by Crippen LogP contribution is 2.19. The maximum Gasteiger partial charge on any atom is 0.0108 e. The van der Waals surface area contributed by atoms with Crippen LogP contribution < -0.4 is 5.32 Å². The van der Waals surface area contributed by atoms with Crippen LogP contribution in [-0.2, 0) is 0 Å². The summed E-state index contributed by atoms with van der Waals surface area (Å²) in [5, 5.41) is 3.52. The fourth-order valence-electron chi connectivity index (χ4n) is 2.75. The first-order valence-electron chi connectivity index (χ1n) is 7.90. The van der Waals surface area contributed by atoms with Crippen LogP contribution in [0.2, 0.25) is 0 Å². The van der Waals surface area contributed by atoms with E-state index in [0.29, 0.717) is 0 Å². The van der Waals surface area contributed by atoms with Crippen LogP contribution in [0, 0.1) is 12.8 Å². The first-order valence-corrected chi connectivity index (χ1v) is 8.89. The number of thioether (sulfide) groups is 1. The van der Waals surface area contributed by atoms with E-state index in [2.05, 4.69) is 48.3 Å². The predicted molar refractivity (Wildman–Crippen MR) is 89.6 cm³/mol. The molecular weight excluding hydrogens is 264 g/mol. The monoisotopic (exact) mass is 292 g/mol. The van der Waals surface area contributed by atoms with Gasteiger partial charge in [-0.1, -0.05) is 24.6 Å². The molecule has 0 aromatic heterocycles. The molecule has 112 valence electrons. The maximum atomic E-state index is 3.52. The summed E-state index contributed by atoms with van der Waals surface area (Å²) in [4.78, 5) is 4.00. The summed E-state index contributed by atoms with van der Waals surface area (Å²) in [6.07, 6.45) is 2.74. The average molecular weight is 292 g/mol. The van der Waals surface area contributed by atoms with Gasteiger partial charge in [-0.3, -0.25) is 0 Å². The van der Waals surface area contributed by atoms with Gasteiger partial charge in [-0.25, -0.2) is 0 Å². The predicted octanol–water partition coefficient (Wildman–Crippen LogP) is 3.41. The van der Waals surface area contributed by atoms with Gasteiger partial charge in [0.1, 0.15) is 0 Å². The van der Waals surface area contributed by atoms with Crippen molar-refractivity contribution in [1.29, 1.82) is 0 Å². The van der Waals surface area contributed by atoms with Crippen molar-refractivity contribution >= 4 is 11.8 Å². The number of aryl methyl sites for hydroxylation is 1. The van der Waals surface area contributed by atoms with Gasteiger partial charge in [0.05, 0.1) is 0 Å². The second-order valence-corrected chi connectivity index (χ2v) is 6.94. The first kappa shape index (κ1) is 15.9. The zero-order valence-corrected chi connectivity index (χ0v) is 13.7. The molecule has 1 unspecified atom stereocenters. The van der Waals surface area contributed by atoms with Gasteiger partial charge in [-0.05, 0) is 57.5 Å². The average Bonchev–Trinajstić information content (AvgIpc) is 2.49. The highest BCUT2D eigenvalue weighted by molar-refractivity contribution is 7.99. The SMILES string of the molecule is CCN(CCSc1ccc(C)cc1)CC1CCCNC1. The molecule has 1 aliphatic heterocycles. The number of piperidine rings is 1. The van der Waals surface area contributed by atoms with Crippen molar-refractivity contribution < 1.29 is 0 Å². The number of nitrogens with one attached hydrogen (secondary N) is 1. The highest BCUT2D eigenvalue weighted by Gasteiger charge is 2.15. The molecule has 1 heterocycles. The van der Waals surface area contributed by atoms with Gasteiger partial charge in [-0.15, -0.1) is 11.8 Å². The van der Waals surface area contributed by atoms with E-state index in [1.165, 1.54) is 61.8 Å². The minimum Gasteiger partial charge on any atom is -0.316 e. The number of nitrogens with zero attached hydrogens (tertiary/aromatic N) is 1. The summed E-state index contributed by atoms with van der Waals surface area (Å²) in [6, 6.07) is 8.88. The Bertz CT molecular complexity index is 371. The smallest absolute Gasteiger partial charge is 0.0108 e. The Labute approximate surface area is 128 Å². The summed E-state index contributed by atoms with van der Waals surface area (Å²) in [5.74, 6) is 2.05. The van der Waals surface area contributed by atoms with Crippen molar-refractivity contribution in [2.24, 2.45) is 5.92 Å². The molecule has 0 radical (unpaired) electrons. The summed E-state index contributed by atoms with van der Waals surface area (Å²) in [5.41, 5.74) is 1.34. The van der Waals surface area contributed by atoms with E-state index in [-0.39, 0.29) is 0 Å². The van der Waals surface area contributed by atoms with Gasteiger partial charge in [0.25, 0.3) is 0 Å². The van der Waals surface area contributed by atoms with E-state index in [9.17, 15) is 0 Å². The van der Waals surface area contributed by atoms with Crippen molar-refractivity contribution in [1.82, 2.24) is 10.2 Å². The largest absolute Gasteiger partial charge is 0.316 e. The molecule has 1 aromatic carbocycles. The standard InChI is InChI=1S/C17H28N2S/c1-3-19(14-16-5-4-10-18-13-16)11-12-20-17-8-6-15(2)7-9-17/h6-9,16,18H,3-5,10-14H2,1-2H3. The Morgan fingerprint density at radius 3 is 2.75 bits per heavy atom. The molecular formula is C17H28N2S. The lowest BCUT2D eigenvalue weighted by molar-refractivity contribution is 0.226. The normalized spacial score (nSPS) is 19.4. The molecule has 1 atom stereocenters. The molecule has 0 bridgehead atoms. The minimum atomic E-state index is 0.855. The molecule has 3 heteroatoms. The maximum absolute atomic E-state index is 3.52. The Kier molecular flexibility index (Phi) is 6.91. The van der Waals surface area contributed by atoms with Crippen LogP contribution >= 0.6 is 11.8 Å². The number of hydrogen-bond donors (Lipinski definition) is 1. The summed E-state index contributed by atoms with van der Waals surface area (Å²) >= 11 is 1.98. The molecule has 0 saturated carbocycles. The minimum absolute atomic E-state index is 0.855. The first-order chi connectivity index (χ1) is 9.78. The van der Waals surface area contributed by atoms with Gasteiger partial charge in [0.15, 0.2) is 0 Å². The number of rotatable bonds is 7. The molecule has 2 rings (SSSR count). The van der Waals surface area contributed by atoms with Crippen molar-refractivity contribution in [2.45, 2.75) is 31.6 Å². The third kappa shape index (κ3) is 5.47. The van der Waals surface area contributed by atoms with Gasteiger partial charge in [-0.2, -0.15) is 0 Å². The molecule has 1 aliphatic rings. The third-order valence-electron chi connectivity index (χ3n) is 4.06. The molecule has 2 nitrogen and oxygen atoms in total. The van der Waals surface area contributed by atoms with Crippen molar-refractivity contribution in [3.63, 3.8) is 0 Å². The van der Waals surface area contributed by atoms with Crippen LogP contribution in [0.3, 0.4) is 0 Å². The second kappa shape index (κ2) is 8.71. The van der Waals surface area contributed by atoms with Crippen LogP contribution in [0.15, 0.2) is 29.2 Å². The van der Waals surface area contributed by atoms with Crippen LogP contribution in [-0.4, -0.2) is 43.4 Å². The van der Waals surface area contributed by atoms with E-state index in [0.717, 1.165) is 5.92 Å². The lowest BCUT2D eigenvalue weighted by Gasteiger charge is -2.29. The van der Waals surface area contributed by atoms with Crippen LogP contribution in [0.5, 0.6) is 0 Å². The van der Waals surface area contributed by atoms with E-state index >= 15 is 0 Å². The van der Waals surface area contributed by atoms with Crippen LogP contribution in [0.1, 0.15) is 25.3 Å². The van der Waals surface area contributed by atoms with Gasteiger partial charge < -0.3 is 10.2 Å². The lowest BCUT2D eigenvalue weighted by Crippen LogP contribution is -2.39. The topological polar surface area (TPSA) is 15.3 Å². The Morgan fingerprint density at radius 2 is 2.10 bits per heavy atom. The number of benzene rings is 1. The highest BCUT2D eigenvalue weighted by atomic mass is 32.2. The van der Waals surface area contributed by atoms with E-state index in [1.807, 2.05) is 11.8 Å². The van der Waals surface area contributed by atoms with Crippen LogP contribution in [0.4, 0.5) is 0 Å². The fraction of sp³-hybridized carbons (Fsp3) is 0.647. The van der Waals surface area contributed by atoms with Crippen molar-refractivity contribution in [2.75, 3.05) is 38.5 Å². The van der Waals surface area contributed by atoms with Gasteiger partial charge >= 0.3 is 0 Å². The zero-order valence-electron chi connectivity index (χ0n) is 12.9. The van der Waals surface area contributed by atoms with Crippen molar-refractivity contribution in [3.8, 4) is 0 Å². The molecule has 1 aromatic rings. The molecule has 0 spiro atoms. The molecule has 0 aliphatic carbocycles. The summed E-state index contributed by atoms with van der Waals surface area (Å²) in [6.45, 7) is 10.5. The molecule has 1 saturated heterocycles. The zero-order chi connectivity index (χ0) is 14.2. The lowest BCUT2D eigenvalue weighted by atomic mass is 9.99. The molecule has 1 N–H and O–H groups in total. The summed E-state index contributed by atoms with van der Waals surface area (Å²) < 4.78 is 0. The van der Waals surface area contributed by atoms with E-state index in [4.69, 9.17) is 0 Å². The third-order valence-corrected chi connectivity index (χ3v) is 5.05. The summed E-state index contributed by atoms with van der Waals surface area (Å²) in [7, 11) is 0. The fourth-order valence-corrected chi connectivity index (χ4v) is 3.66.